The van der Waals surface area contributed by atoms with E-state index in [1.54, 1.807) is 6.92 Å². The molecular weight excluding hydrogens is 389 g/mol. The minimum atomic E-state index is -0.589. The van der Waals surface area contributed by atoms with E-state index in [9.17, 15) is 5.11 Å². The first-order valence-corrected chi connectivity index (χ1v) is 8.46. The van der Waals surface area contributed by atoms with Crippen LogP contribution >= 0.6 is 22.6 Å². The largest absolute Gasteiger partial charge is 0.471 e. The van der Waals surface area contributed by atoms with Crippen LogP contribution in [0.2, 0.25) is 0 Å². The van der Waals surface area contributed by atoms with E-state index in [0.29, 0.717) is 6.54 Å². The Morgan fingerprint density at radius 3 is 2.55 bits per heavy atom. The summed E-state index contributed by atoms with van der Waals surface area (Å²) in [4.78, 5) is 0. The Morgan fingerprint density at radius 1 is 1.36 bits per heavy atom. The molecule has 0 saturated carbocycles. The number of benzene rings is 1. The molecule has 0 heterocycles. The van der Waals surface area contributed by atoms with Gasteiger partial charge in [0.1, 0.15) is 5.76 Å². The second-order valence-electron chi connectivity index (χ2n) is 5.10. The molecule has 1 aromatic rings. The number of aliphatic hydroxyl groups is 1. The van der Waals surface area contributed by atoms with Crippen molar-refractivity contribution in [2.24, 2.45) is 0 Å². The molecule has 4 heteroatoms. The van der Waals surface area contributed by atoms with Crippen molar-refractivity contribution in [3.8, 4) is 0 Å². The van der Waals surface area contributed by atoms with Gasteiger partial charge >= 0.3 is 0 Å². The molecule has 1 rings (SSSR count). The standard InChI is InChI=1S/C18H24INO2/c1-13(2)9-8-12-20-18(19)22-15(4)17(14(3)21)16-10-6-5-7-11-16/h5-11,14,18,20-21H,1,12H2,2-4H3/b9-8+,17-15+/t14?,18-/m1/s1. The highest BCUT2D eigenvalue weighted by Gasteiger charge is 2.14. The third-order valence-electron chi connectivity index (χ3n) is 2.96. The van der Waals surface area contributed by atoms with Crippen molar-refractivity contribution < 1.29 is 9.84 Å². The summed E-state index contributed by atoms with van der Waals surface area (Å²) in [6.07, 6.45) is 3.38. The molecule has 3 nitrogen and oxygen atoms in total. The lowest BCUT2D eigenvalue weighted by atomic mass is 10.0. The number of allylic oxidation sites excluding steroid dienone is 3. The number of ether oxygens (including phenoxy) is 1. The summed E-state index contributed by atoms with van der Waals surface area (Å²) >= 11 is 2.18. The highest BCUT2D eigenvalue weighted by Crippen LogP contribution is 2.24. The summed E-state index contributed by atoms with van der Waals surface area (Å²) in [5.41, 5.74) is 2.80. The van der Waals surface area contributed by atoms with Crippen LogP contribution in [0.3, 0.4) is 0 Å². The normalized spacial score (nSPS) is 15.3. The van der Waals surface area contributed by atoms with E-state index in [1.807, 2.05) is 56.3 Å². The fourth-order valence-corrected chi connectivity index (χ4v) is 2.67. The zero-order valence-electron chi connectivity index (χ0n) is 13.3. The van der Waals surface area contributed by atoms with Gasteiger partial charge in [0.2, 0.25) is 4.23 Å². The molecule has 0 aliphatic carbocycles. The van der Waals surface area contributed by atoms with Gasteiger partial charge in [0.25, 0.3) is 0 Å². The lowest BCUT2D eigenvalue weighted by Crippen LogP contribution is -2.26. The van der Waals surface area contributed by atoms with Gasteiger partial charge in [0, 0.05) is 12.1 Å². The van der Waals surface area contributed by atoms with Gasteiger partial charge in [-0.15, -0.1) is 0 Å². The highest BCUT2D eigenvalue weighted by molar-refractivity contribution is 14.1. The lowest BCUT2D eigenvalue weighted by Gasteiger charge is -2.19. The molecule has 0 bridgehead atoms. The van der Waals surface area contributed by atoms with Crippen molar-refractivity contribution in [3.63, 3.8) is 0 Å². The summed E-state index contributed by atoms with van der Waals surface area (Å²) in [6.45, 7) is 10.1. The van der Waals surface area contributed by atoms with Crippen LogP contribution in [0.4, 0.5) is 0 Å². The molecule has 1 aromatic carbocycles. The fourth-order valence-electron chi connectivity index (χ4n) is 2.04. The van der Waals surface area contributed by atoms with Crippen molar-refractivity contribution in [1.29, 1.82) is 0 Å². The maximum Gasteiger partial charge on any atom is 0.201 e. The second kappa shape index (κ2) is 9.82. The lowest BCUT2D eigenvalue weighted by molar-refractivity contribution is 0.171. The Balaban J connectivity index is 2.73. The third kappa shape index (κ3) is 6.77. The highest BCUT2D eigenvalue weighted by atomic mass is 127. The Bertz CT molecular complexity index is 535. The van der Waals surface area contributed by atoms with Crippen molar-refractivity contribution >= 4 is 28.2 Å². The number of aliphatic hydroxyl groups excluding tert-OH is 1. The van der Waals surface area contributed by atoms with E-state index in [2.05, 4.69) is 34.5 Å². The Morgan fingerprint density at radius 2 is 2.00 bits per heavy atom. The van der Waals surface area contributed by atoms with Crippen LogP contribution in [0.15, 0.2) is 60.4 Å². The zero-order valence-corrected chi connectivity index (χ0v) is 15.5. The van der Waals surface area contributed by atoms with Crippen molar-refractivity contribution in [2.75, 3.05) is 6.54 Å². The van der Waals surface area contributed by atoms with E-state index in [1.165, 1.54) is 0 Å². The van der Waals surface area contributed by atoms with E-state index in [-0.39, 0.29) is 4.23 Å². The second-order valence-corrected chi connectivity index (χ2v) is 6.23. The number of hydrogen-bond acceptors (Lipinski definition) is 3. The maximum absolute atomic E-state index is 10.0. The molecule has 0 fully saturated rings. The Labute approximate surface area is 146 Å². The van der Waals surface area contributed by atoms with E-state index < -0.39 is 6.10 Å². The number of hydrogen-bond donors (Lipinski definition) is 2. The molecule has 2 N–H and O–H groups in total. The first-order valence-electron chi connectivity index (χ1n) is 7.22. The van der Waals surface area contributed by atoms with Gasteiger partial charge in [0.15, 0.2) is 0 Å². The monoisotopic (exact) mass is 413 g/mol. The first kappa shape index (κ1) is 18.9. The number of nitrogens with one attached hydrogen (secondary N) is 1. The van der Waals surface area contributed by atoms with Gasteiger partial charge in [-0.05, 0) is 48.9 Å². The third-order valence-corrected chi connectivity index (χ3v) is 3.66. The summed E-state index contributed by atoms with van der Waals surface area (Å²) < 4.78 is 5.70. The van der Waals surface area contributed by atoms with Crippen molar-refractivity contribution in [3.05, 3.63) is 66.0 Å². The molecule has 0 aliphatic rings. The Hall–Kier alpha value is -1.11. The number of rotatable bonds is 8. The van der Waals surface area contributed by atoms with Crippen LogP contribution in [0.25, 0.3) is 5.57 Å². The average molecular weight is 413 g/mol. The molecule has 1 unspecified atom stereocenters. The molecule has 0 amide bonds. The van der Waals surface area contributed by atoms with Crippen LogP contribution in [0.5, 0.6) is 0 Å². The number of alkyl halides is 1. The van der Waals surface area contributed by atoms with Crippen molar-refractivity contribution in [2.45, 2.75) is 31.1 Å². The molecule has 120 valence electrons. The summed E-state index contributed by atoms with van der Waals surface area (Å²) in [7, 11) is 0. The topological polar surface area (TPSA) is 41.5 Å². The quantitative estimate of drug-likeness (QED) is 0.167. The van der Waals surface area contributed by atoms with Gasteiger partial charge in [0.05, 0.1) is 6.10 Å². The van der Waals surface area contributed by atoms with Crippen molar-refractivity contribution in [1.82, 2.24) is 5.32 Å². The SMILES string of the molecule is C=C(C)/C=C/CN[C@@H](I)O/C(C)=C(/c1ccccc1)C(C)O. The first-order chi connectivity index (χ1) is 10.4. The molecule has 0 saturated heterocycles. The van der Waals surface area contributed by atoms with Crippen LogP contribution in [0, 0.1) is 0 Å². The van der Waals surface area contributed by atoms with Gasteiger partial charge in [-0.3, -0.25) is 5.32 Å². The number of halogens is 1. The van der Waals surface area contributed by atoms with Crippen LogP contribution in [-0.2, 0) is 4.74 Å². The summed E-state index contributed by atoms with van der Waals surface area (Å²) in [5, 5.41) is 13.3. The molecule has 2 atom stereocenters. The zero-order chi connectivity index (χ0) is 16.5. The van der Waals surface area contributed by atoms with Gasteiger partial charge in [-0.2, -0.15) is 0 Å². The molecule has 0 radical (unpaired) electrons. The molecule has 0 spiro atoms. The fraction of sp³-hybridized carbons (Fsp3) is 0.333. The smallest absolute Gasteiger partial charge is 0.201 e. The van der Waals surface area contributed by atoms with Gasteiger partial charge in [-0.25, -0.2) is 0 Å². The van der Waals surface area contributed by atoms with E-state index >= 15 is 0 Å². The van der Waals surface area contributed by atoms with Crippen LogP contribution < -0.4 is 5.32 Å². The van der Waals surface area contributed by atoms with Crippen LogP contribution in [0.1, 0.15) is 26.3 Å². The summed E-state index contributed by atoms with van der Waals surface area (Å²) in [6, 6.07) is 9.80. The molecule has 22 heavy (non-hydrogen) atoms. The van der Waals surface area contributed by atoms with Crippen LogP contribution in [-0.4, -0.2) is 22.0 Å². The van der Waals surface area contributed by atoms with E-state index in [4.69, 9.17) is 4.74 Å². The van der Waals surface area contributed by atoms with Gasteiger partial charge in [-0.1, -0.05) is 54.6 Å². The molecule has 0 aromatic heterocycles. The Kier molecular flexibility index (Phi) is 8.45. The molecular formula is C18H24INO2. The van der Waals surface area contributed by atoms with Gasteiger partial charge < -0.3 is 9.84 Å². The minimum absolute atomic E-state index is 0.176. The maximum atomic E-state index is 10.0. The minimum Gasteiger partial charge on any atom is -0.471 e. The summed E-state index contributed by atoms with van der Waals surface area (Å²) in [5.74, 6) is 0.719. The predicted molar refractivity (Wildman–Crippen MR) is 102 cm³/mol. The van der Waals surface area contributed by atoms with E-state index in [0.717, 1.165) is 22.5 Å². The average Bonchev–Trinajstić information content (AvgIpc) is 2.44. The molecule has 0 aliphatic heterocycles. The predicted octanol–water partition coefficient (Wildman–Crippen LogP) is 4.26.